The summed E-state index contributed by atoms with van der Waals surface area (Å²) in [6.45, 7) is 2.18. The van der Waals surface area contributed by atoms with Crippen molar-refractivity contribution in [1.29, 1.82) is 0 Å². The topological polar surface area (TPSA) is 59.9 Å². The van der Waals surface area contributed by atoms with Crippen molar-refractivity contribution in [2.75, 3.05) is 13.7 Å². The summed E-state index contributed by atoms with van der Waals surface area (Å²) < 4.78 is 39.4. The second kappa shape index (κ2) is 6.64. The highest BCUT2D eigenvalue weighted by Gasteiger charge is 2.30. The van der Waals surface area contributed by atoms with Crippen molar-refractivity contribution in [1.82, 2.24) is 5.32 Å². The van der Waals surface area contributed by atoms with Crippen LogP contribution in [0.2, 0.25) is 0 Å². The number of rotatable bonds is 3. The van der Waals surface area contributed by atoms with Crippen molar-refractivity contribution in [2.24, 2.45) is 4.99 Å². The van der Waals surface area contributed by atoms with E-state index in [0.29, 0.717) is 29.8 Å². The van der Waals surface area contributed by atoms with Gasteiger partial charge in [-0.1, -0.05) is 0 Å². The largest absolute Gasteiger partial charge is 0.493 e. The minimum absolute atomic E-state index is 0.141. The number of carbonyl (C=O) groups is 1. The van der Waals surface area contributed by atoms with Gasteiger partial charge in [0.2, 0.25) is 0 Å². The molecule has 0 saturated heterocycles. The number of benzene rings is 2. The van der Waals surface area contributed by atoms with Crippen LogP contribution in [0.3, 0.4) is 0 Å². The van der Waals surface area contributed by atoms with Gasteiger partial charge in [0.1, 0.15) is 34.9 Å². The Bertz CT molecular complexity index is 972. The van der Waals surface area contributed by atoms with E-state index in [2.05, 4.69) is 10.3 Å². The Kier molecular flexibility index (Phi) is 4.30. The third-order valence-electron chi connectivity index (χ3n) is 4.68. The van der Waals surface area contributed by atoms with E-state index < -0.39 is 17.7 Å². The van der Waals surface area contributed by atoms with Gasteiger partial charge in [0.15, 0.2) is 0 Å². The van der Waals surface area contributed by atoms with Crippen LogP contribution in [0.25, 0.3) is 0 Å². The second-order valence-corrected chi connectivity index (χ2v) is 6.63. The lowest BCUT2D eigenvalue weighted by Crippen LogP contribution is -2.21. The van der Waals surface area contributed by atoms with Crippen LogP contribution in [0.1, 0.15) is 40.9 Å². The van der Waals surface area contributed by atoms with Gasteiger partial charge in [0.25, 0.3) is 5.91 Å². The molecule has 0 aliphatic carbocycles. The number of nitrogens with zero attached hydrogens (tertiary/aromatic N) is 1. The maximum atomic E-state index is 14.4. The van der Waals surface area contributed by atoms with E-state index in [9.17, 15) is 13.6 Å². The predicted octanol–water partition coefficient (Wildman–Crippen LogP) is 3.88. The molecule has 2 heterocycles. The van der Waals surface area contributed by atoms with Crippen LogP contribution in [0, 0.1) is 11.6 Å². The average Bonchev–Trinajstić information content (AvgIpc) is 3.01. The van der Waals surface area contributed by atoms with Gasteiger partial charge in [-0.3, -0.25) is 9.79 Å². The molecule has 2 aliphatic heterocycles. The van der Waals surface area contributed by atoms with Crippen LogP contribution in [0.4, 0.5) is 14.5 Å². The number of fused-ring (bicyclic) bond motifs is 2. The predicted molar refractivity (Wildman–Crippen MR) is 96.1 cm³/mol. The van der Waals surface area contributed by atoms with E-state index >= 15 is 0 Å². The summed E-state index contributed by atoms with van der Waals surface area (Å²) in [7, 11) is 1.55. The zero-order valence-electron chi connectivity index (χ0n) is 14.9. The third-order valence-corrected chi connectivity index (χ3v) is 4.68. The van der Waals surface area contributed by atoms with Crippen molar-refractivity contribution in [3.05, 3.63) is 52.6 Å². The van der Waals surface area contributed by atoms with E-state index in [0.717, 1.165) is 23.4 Å². The summed E-state index contributed by atoms with van der Waals surface area (Å²) in [4.78, 5) is 16.6. The lowest BCUT2D eigenvalue weighted by molar-refractivity contribution is 0.0961. The maximum Gasteiger partial charge on any atom is 0.251 e. The molecule has 0 fully saturated rings. The van der Waals surface area contributed by atoms with Crippen molar-refractivity contribution >= 4 is 17.3 Å². The molecule has 1 N–H and O–H groups in total. The molecular weight excluding hydrogens is 354 g/mol. The molecular formula is C20H18F2N2O3. The first-order chi connectivity index (χ1) is 13.0. The van der Waals surface area contributed by atoms with Gasteiger partial charge in [0.05, 0.1) is 12.2 Å². The second-order valence-electron chi connectivity index (χ2n) is 6.63. The normalized spacial score (nSPS) is 17.5. The molecule has 7 heteroatoms. The summed E-state index contributed by atoms with van der Waals surface area (Å²) in [5.41, 5.74) is 3.07. The van der Waals surface area contributed by atoms with Crippen LogP contribution >= 0.6 is 0 Å². The number of hydrogen-bond acceptors (Lipinski definition) is 4. The standard InChI is InChI=1S/C20H18F2N2O3/c1-10-5-11-6-12(20(25)23-2)7-17(19(11)24-10)27-15-3-4-26-16-9-13(21)8-14(22)18(15)16/h6-9,15H,3-5H2,1-2H3,(H,23,25). The van der Waals surface area contributed by atoms with Gasteiger partial charge in [-0.15, -0.1) is 0 Å². The first-order valence-electron chi connectivity index (χ1n) is 8.68. The Morgan fingerprint density at radius 3 is 2.89 bits per heavy atom. The van der Waals surface area contributed by atoms with E-state index in [1.807, 2.05) is 6.92 Å². The van der Waals surface area contributed by atoms with E-state index in [4.69, 9.17) is 9.47 Å². The summed E-state index contributed by atoms with van der Waals surface area (Å²) in [6.07, 6.45) is 0.368. The Hall–Kier alpha value is -2.96. The van der Waals surface area contributed by atoms with E-state index in [1.165, 1.54) is 0 Å². The highest BCUT2D eigenvalue weighted by atomic mass is 19.1. The molecule has 2 aliphatic rings. The lowest BCUT2D eigenvalue weighted by Gasteiger charge is -2.27. The quantitative estimate of drug-likeness (QED) is 0.890. The van der Waals surface area contributed by atoms with Crippen LogP contribution < -0.4 is 14.8 Å². The molecule has 0 radical (unpaired) electrons. The molecule has 0 spiro atoms. The van der Waals surface area contributed by atoms with Crippen molar-refractivity contribution in [3.8, 4) is 11.5 Å². The van der Waals surface area contributed by atoms with Gasteiger partial charge >= 0.3 is 0 Å². The Morgan fingerprint density at radius 1 is 1.30 bits per heavy atom. The number of nitrogens with one attached hydrogen (secondary N) is 1. The maximum absolute atomic E-state index is 14.4. The number of amides is 1. The van der Waals surface area contributed by atoms with Gasteiger partial charge in [0, 0.05) is 43.3 Å². The molecule has 1 unspecified atom stereocenters. The zero-order chi connectivity index (χ0) is 19.1. The van der Waals surface area contributed by atoms with Crippen LogP contribution in [0.15, 0.2) is 29.3 Å². The number of aliphatic imine (C=N–C) groups is 1. The molecule has 27 heavy (non-hydrogen) atoms. The first kappa shape index (κ1) is 17.5. The fourth-order valence-corrected chi connectivity index (χ4v) is 3.48. The van der Waals surface area contributed by atoms with Crippen molar-refractivity contribution in [2.45, 2.75) is 25.9 Å². The van der Waals surface area contributed by atoms with Gasteiger partial charge < -0.3 is 14.8 Å². The average molecular weight is 372 g/mol. The molecule has 0 bridgehead atoms. The van der Waals surface area contributed by atoms with Crippen LogP contribution in [-0.2, 0) is 6.42 Å². The highest BCUT2D eigenvalue weighted by Crippen LogP contribution is 2.43. The number of carbonyl (C=O) groups excluding carboxylic acids is 1. The van der Waals surface area contributed by atoms with E-state index in [-0.39, 0.29) is 23.8 Å². The molecule has 0 aromatic heterocycles. The van der Waals surface area contributed by atoms with Crippen molar-refractivity contribution < 1.29 is 23.0 Å². The van der Waals surface area contributed by atoms with Crippen molar-refractivity contribution in [3.63, 3.8) is 0 Å². The molecule has 2 aromatic carbocycles. The van der Waals surface area contributed by atoms with Gasteiger partial charge in [-0.25, -0.2) is 8.78 Å². The van der Waals surface area contributed by atoms with Gasteiger partial charge in [-0.05, 0) is 24.6 Å². The molecule has 2 aromatic rings. The van der Waals surface area contributed by atoms with Gasteiger partial charge in [-0.2, -0.15) is 0 Å². The lowest BCUT2D eigenvalue weighted by atomic mass is 10.0. The SMILES string of the molecule is CNC(=O)c1cc2c(c(OC3CCOc4cc(F)cc(F)c43)c1)N=C(C)C2. The Morgan fingerprint density at radius 2 is 2.11 bits per heavy atom. The fraction of sp³-hybridized carbons (Fsp3) is 0.300. The van der Waals surface area contributed by atoms with Crippen LogP contribution in [0.5, 0.6) is 11.5 Å². The third kappa shape index (κ3) is 3.13. The molecule has 140 valence electrons. The number of ether oxygens (including phenoxy) is 2. The summed E-state index contributed by atoms with van der Waals surface area (Å²) >= 11 is 0. The highest BCUT2D eigenvalue weighted by molar-refractivity contribution is 5.99. The summed E-state index contributed by atoms with van der Waals surface area (Å²) in [5.74, 6) is -1.11. The smallest absolute Gasteiger partial charge is 0.251 e. The molecule has 4 rings (SSSR count). The molecule has 1 atom stereocenters. The summed E-state index contributed by atoms with van der Waals surface area (Å²) in [5, 5.41) is 2.59. The number of halogens is 2. The van der Waals surface area contributed by atoms with E-state index in [1.54, 1.807) is 19.2 Å². The first-order valence-corrected chi connectivity index (χ1v) is 8.68. The van der Waals surface area contributed by atoms with Crippen LogP contribution in [-0.4, -0.2) is 25.3 Å². The Balaban J connectivity index is 1.76. The Labute approximate surface area is 155 Å². The summed E-state index contributed by atoms with van der Waals surface area (Å²) in [6, 6.07) is 5.37. The zero-order valence-corrected chi connectivity index (χ0v) is 14.9. The number of hydrogen-bond donors (Lipinski definition) is 1. The minimum atomic E-state index is -0.714. The molecule has 5 nitrogen and oxygen atoms in total. The molecule has 0 saturated carbocycles. The minimum Gasteiger partial charge on any atom is -0.493 e. The fourth-order valence-electron chi connectivity index (χ4n) is 3.48. The molecule has 1 amide bonds. The monoisotopic (exact) mass is 372 g/mol.